The molecule has 0 aromatic heterocycles. The van der Waals surface area contributed by atoms with E-state index in [1.807, 2.05) is 0 Å². The van der Waals surface area contributed by atoms with Crippen molar-refractivity contribution in [2.24, 2.45) is 5.92 Å². The minimum atomic E-state index is -0.833. The fraction of sp³-hybridized carbons (Fsp3) is 0.875. The van der Waals surface area contributed by atoms with E-state index in [-0.39, 0.29) is 12.0 Å². The van der Waals surface area contributed by atoms with Gasteiger partial charge in [-0.05, 0) is 19.3 Å². The van der Waals surface area contributed by atoms with Crippen LogP contribution in [0.2, 0.25) is 0 Å². The minimum Gasteiger partial charge on any atom is -0.460 e. The highest BCUT2D eigenvalue weighted by Crippen LogP contribution is 2.34. The van der Waals surface area contributed by atoms with Gasteiger partial charge in [-0.1, -0.05) is 6.42 Å². The van der Waals surface area contributed by atoms with E-state index in [1.165, 1.54) is 0 Å². The summed E-state index contributed by atoms with van der Waals surface area (Å²) >= 11 is 0. The summed E-state index contributed by atoms with van der Waals surface area (Å²) in [5.41, 5.74) is 0. The molecule has 3 nitrogen and oxygen atoms in total. The molecule has 0 spiro atoms. The van der Waals surface area contributed by atoms with E-state index in [9.17, 15) is 9.90 Å². The highest BCUT2D eigenvalue weighted by atomic mass is 16.6. The summed E-state index contributed by atoms with van der Waals surface area (Å²) in [5.74, 6) is -0.321. The number of ether oxygens (including phenoxy) is 1. The van der Waals surface area contributed by atoms with Crippen LogP contribution in [0.5, 0.6) is 0 Å². The molecule has 3 heteroatoms. The molecule has 62 valence electrons. The van der Waals surface area contributed by atoms with Crippen molar-refractivity contribution in [1.82, 2.24) is 0 Å². The van der Waals surface area contributed by atoms with Crippen LogP contribution in [0, 0.1) is 5.92 Å². The monoisotopic (exact) mass is 156 g/mol. The lowest BCUT2D eigenvalue weighted by Gasteiger charge is -2.23. The summed E-state index contributed by atoms with van der Waals surface area (Å²) in [6.45, 7) is 0. The van der Waals surface area contributed by atoms with E-state index in [0.717, 1.165) is 25.7 Å². The second kappa shape index (κ2) is 2.48. The molecule has 2 aliphatic rings. The van der Waals surface area contributed by atoms with Crippen LogP contribution in [0.4, 0.5) is 0 Å². The van der Waals surface area contributed by atoms with Crippen LogP contribution < -0.4 is 0 Å². The molecule has 1 N–H and O–H groups in total. The van der Waals surface area contributed by atoms with Gasteiger partial charge in [0, 0.05) is 5.92 Å². The summed E-state index contributed by atoms with van der Waals surface area (Å²) in [4.78, 5) is 10.9. The van der Waals surface area contributed by atoms with Gasteiger partial charge in [-0.15, -0.1) is 0 Å². The van der Waals surface area contributed by atoms with E-state index in [4.69, 9.17) is 4.74 Å². The maximum absolute atomic E-state index is 10.9. The maximum Gasteiger partial charge on any atom is 0.335 e. The summed E-state index contributed by atoms with van der Waals surface area (Å²) in [5, 5.41) is 9.32. The van der Waals surface area contributed by atoms with E-state index >= 15 is 0 Å². The van der Waals surface area contributed by atoms with Gasteiger partial charge in [0.25, 0.3) is 0 Å². The van der Waals surface area contributed by atoms with Gasteiger partial charge in [-0.25, -0.2) is 4.79 Å². The number of fused-ring (bicyclic) bond motifs is 1. The zero-order valence-corrected chi connectivity index (χ0v) is 6.32. The Bertz CT molecular complexity index is 178. The second-order valence-electron chi connectivity index (χ2n) is 3.37. The number of aliphatic hydroxyl groups excluding tert-OH is 1. The molecule has 1 saturated heterocycles. The van der Waals surface area contributed by atoms with Gasteiger partial charge in [0.1, 0.15) is 6.10 Å². The number of hydrogen-bond acceptors (Lipinski definition) is 3. The predicted octanol–water partition coefficient (Wildman–Crippen LogP) is 0.463. The molecule has 11 heavy (non-hydrogen) atoms. The van der Waals surface area contributed by atoms with Crippen LogP contribution in [-0.2, 0) is 9.53 Å². The van der Waals surface area contributed by atoms with Crippen molar-refractivity contribution in [3.05, 3.63) is 0 Å². The number of aliphatic hydroxyl groups is 1. The van der Waals surface area contributed by atoms with Gasteiger partial charge in [-0.3, -0.25) is 0 Å². The fourth-order valence-corrected chi connectivity index (χ4v) is 2.03. The third-order valence-electron chi connectivity index (χ3n) is 2.67. The van der Waals surface area contributed by atoms with Gasteiger partial charge in [0.05, 0.1) is 0 Å². The normalized spacial score (nSPS) is 43.4. The van der Waals surface area contributed by atoms with Crippen molar-refractivity contribution in [2.75, 3.05) is 0 Å². The molecule has 0 radical (unpaired) electrons. The zero-order chi connectivity index (χ0) is 7.84. The van der Waals surface area contributed by atoms with Gasteiger partial charge in [0.2, 0.25) is 0 Å². The van der Waals surface area contributed by atoms with Crippen LogP contribution in [0.25, 0.3) is 0 Å². The Morgan fingerprint density at radius 2 is 2.09 bits per heavy atom. The highest BCUT2D eigenvalue weighted by Gasteiger charge is 2.44. The second-order valence-corrected chi connectivity index (χ2v) is 3.37. The molecule has 0 amide bonds. The molecule has 2 fully saturated rings. The molecule has 1 aliphatic heterocycles. The third kappa shape index (κ3) is 1.03. The highest BCUT2D eigenvalue weighted by molar-refractivity contribution is 5.77. The molecular weight excluding hydrogens is 144 g/mol. The van der Waals surface area contributed by atoms with Crippen LogP contribution >= 0.6 is 0 Å². The van der Waals surface area contributed by atoms with Crippen molar-refractivity contribution >= 4 is 5.97 Å². The smallest absolute Gasteiger partial charge is 0.335 e. The first-order valence-corrected chi connectivity index (χ1v) is 4.17. The lowest BCUT2D eigenvalue weighted by molar-refractivity contribution is -0.147. The number of hydrogen-bond donors (Lipinski definition) is 1. The maximum atomic E-state index is 10.9. The van der Waals surface area contributed by atoms with Crippen molar-refractivity contribution in [2.45, 2.75) is 37.9 Å². The lowest BCUT2D eigenvalue weighted by Crippen LogP contribution is -2.27. The first-order chi connectivity index (χ1) is 5.29. The molecule has 1 heterocycles. The van der Waals surface area contributed by atoms with E-state index in [2.05, 4.69) is 0 Å². The average Bonchev–Trinajstić information content (AvgIpc) is 2.30. The van der Waals surface area contributed by atoms with Crippen LogP contribution in [0.1, 0.15) is 25.7 Å². The van der Waals surface area contributed by atoms with Gasteiger partial charge in [0.15, 0.2) is 6.10 Å². The van der Waals surface area contributed by atoms with Crippen molar-refractivity contribution < 1.29 is 14.6 Å². The Morgan fingerprint density at radius 3 is 2.82 bits per heavy atom. The van der Waals surface area contributed by atoms with Gasteiger partial charge >= 0.3 is 5.97 Å². The summed E-state index contributed by atoms with van der Waals surface area (Å²) in [7, 11) is 0. The standard InChI is InChI=1S/C8H12O3/c9-7-5-3-1-2-4-6(5)11-8(7)10/h5-7,9H,1-4H2/t5-,6+,7-/m0/s1. The SMILES string of the molecule is O=C1O[C@@H]2CCCC[C@@H]2[C@@H]1O. The number of carbonyl (C=O) groups excluding carboxylic acids is 1. The number of carbonyl (C=O) groups is 1. The average molecular weight is 156 g/mol. The van der Waals surface area contributed by atoms with Crippen molar-refractivity contribution in [3.8, 4) is 0 Å². The molecule has 0 aromatic carbocycles. The minimum absolute atomic E-state index is 0.0197. The Balaban J connectivity index is 2.11. The number of esters is 1. The van der Waals surface area contributed by atoms with Crippen LogP contribution in [0.3, 0.4) is 0 Å². The largest absolute Gasteiger partial charge is 0.460 e. The molecule has 0 unspecified atom stereocenters. The Hall–Kier alpha value is -0.570. The number of rotatable bonds is 0. The van der Waals surface area contributed by atoms with Gasteiger partial charge in [-0.2, -0.15) is 0 Å². The molecule has 1 aliphatic carbocycles. The Kier molecular flexibility index (Phi) is 1.60. The molecule has 0 bridgehead atoms. The van der Waals surface area contributed by atoms with Crippen LogP contribution in [-0.4, -0.2) is 23.3 Å². The third-order valence-corrected chi connectivity index (χ3v) is 2.67. The van der Waals surface area contributed by atoms with Crippen LogP contribution in [0.15, 0.2) is 0 Å². The first-order valence-electron chi connectivity index (χ1n) is 4.17. The zero-order valence-electron chi connectivity index (χ0n) is 6.32. The van der Waals surface area contributed by atoms with Gasteiger partial charge < -0.3 is 9.84 Å². The molecule has 1 saturated carbocycles. The summed E-state index contributed by atoms with van der Waals surface area (Å²) in [6, 6.07) is 0. The van der Waals surface area contributed by atoms with E-state index < -0.39 is 12.1 Å². The topological polar surface area (TPSA) is 46.5 Å². The van der Waals surface area contributed by atoms with E-state index in [0.29, 0.717) is 0 Å². The molecule has 3 atom stereocenters. The lowest BCUT2D eigenvalue weighted by atomic mass is 9.85. The first kappa shape index (κ1) is 7.10. The summed E-state index contributed by atoms with van der Waals surface area (Å²) < 4.78 is 4.99. The van der Waals surface area contributed by atoms with E-state index in [1.54, 1.807) is 0 Å². The van der Waals surface area contributed by atoms with Crippen molar-refractivity contribution in [1.29, 1.82) is 0 Å². The predicted molar refractivity (Wildman–Crippen MR) is 37.8 cm³/mol. The molecular formula is C8H12O3. The Labute approximate surface area is 65.4 Å². The fourth-order valence-electron chi connectivity index (χ4n) is 2.03. The molecule has 2 rings (SSSR count). The molecule has 0 aromatic rings. The summed E-state index contributed by atoms with van der Waals surface area (Å²) in [6.07, 6.45) is 3.31. The quantitative estimate of drug-likeness (QED) is 0.518. The van der Waals surface area contributed by atoms with Crippen molar-refractivity contribution in [3.63, 3.8) is 0 Å². The Morgan fingerprint density at radius 1 is 1.36 bits per heavy atom.